The number of hydrogen-bond acceptors (Lipinski definition) is 7. The summed E-state index contributed by atoms with van der Waals surface area (Å²) in [6.45, 7) is 1.81. The van der Waals surface area contributed by atoms with Crippen LogP contribution in [-0.2, 0) is 14.6 Å². The molecule has 0 bridgehead atoms. The van der Waals surface area contributed by atoms with Gasteiger partial charge in [-0.05, 0) is 19.4 Å². The second kappa shape index (κ2) is 4.93. The minimum absolute atomic E-state index is 0.0413. The zero-order valence-electron chi connectivity index (χ0n) is 11.3. The van der Waals surface area contributed by atoms with Crippen molar-refractivity contribution in [2.24, 2.45) is 0 Å². The number of carbonyl (C=O) groups is 1. The molecular formula is C12H17N3O4S. The quantitative estimate of drug-likeness (QED) is 0.779. The van der Waals surface area contributed by atoms with Gasteiger partial charge in [0.1, 0.15) is 5.82 Å². The first-order valence-electron chi connectivity index (χ1n) is 6.07. The van der Waals surface area contributed by atoms with E-state index >= 15 is 0 Å². The normalized spacial score (nSPS) is 24.3. The summed E-state index contributed by atoms with van der Waals surface area (Å²) in [5.41, 5.74) is 5.49. The average Bonchev–Trinajstić information content (AvgIpc) is 2.65. The van der Waals surface area contributed by atoms with Crippen molar-refractivity contribution in [3.8, 4) is 0 Å². The van der Waals surface area contributed by atoms with Crippen LogP contribution in [0.2, 0.25) is 0 Å². The molecule has 20 heavy (non-hydrogen) atoms. The lowest BCUT2D eigenvalue weighted by Gasteiger charge is -2.24. The highest BCUT2D eigenvalue weighted by Crippen LogP contribution is 2.27. The van der Waals surface area contributed by atoms with Gasteiger partial charge in [-0.15, -0.1) is 0 Å². The molecule has 1 aliphatic rings. The van der Waals surface area contributed by atoms with Crippen LogP contribution in [0.3, 0.4) is 0 Å². The lowest BCUT2D eigenvalue weighted by atomic mass is 10.0. The lowest BCUT2D eigenvalue weighted by molar-refractivity contribution is 0.0602. The number of hydrogen-bond donors (Lipinski definition) is 2. The Bertz CT molecular complexity index is 644. The predicted molar refractivity (Wildman–Crippen MR) is 75.3 cm³/mol. The summed E-state index contributed by atoms with van der Waals surface area (Å²) in [5, 5.41) is 3.07. The fourth-order valence-corrected chi connectivity index (χ4v) is 4.33. The van der Waals surface area contributed by atoms with E-state index in [4.69, 9.17) is 5.73 Å². The average molecular weight is 299 g/mol. The summed E-state index contributed by atoms with van der Waals surface area (Å²) >= 11 is 0. The Kier molecular flexibility index (Phi) is 3.59. The fraction of sp³-hybridized carbons (Fsp3) is 0.500. The van der Waals surface area contributed by atoms with Crippen LogP contribution in [0.15, 0.2) is 12.3 Å². The van der Waals surface area contributed by atoms with Crippen LogP contribution in [0, 0.1) is 0 Å². The van der Waals surface area contributed by atoms with E-state index in [0.29, 0.717) is 12.2 Å². The van der Waals surface area contributed by atoms with Crippen molar-refractivity contribution in [2.45, 2.75) is 18.9 Å². The number of methoxy groups -OCH3 is 1. The number of esters is 1. The number of anilines is 2. The molecule has 0 aliphatic carbocycles. The molecule has 1 saturated heterocycles. The van der Waals surface area contributed by atoms with Crippen molar-refractivity contribution in [1.82, 2.24) is 4.98 Å². The number of nitrogen functional groups attached to an aromatic ring is 1. The van der Waals surface area contributed by atoms with E-state index in [2.05, 4.69) is 15.0 Å². The Morgan fingerprint density at radius 2 is 2.25 bits per heavy atom. The third-order valence-electron chi connectivity index (χ3n) is 3.27. The standard InChI is InChI=1S/C12H17N3O4S/c1-12(3-4-20(17,18)7-12)15-10-5-8(11(16)19-2)9(13)6-14-10/h5-6H,3-4,7,13H2,1-2H3,(H,14,15). The fourth-order valence-electron chi connectivity index (χ4n) is 2.24. The number of rotatable bonds is 3. The van der Waals surface area contributed by atoms with Crippen molar-refractivity contribution in [3.63, 3.8) is 0 Å². The molecule has 1 aromatic heterocycles. The van der Waals surface area contributed by atoms with Crippen molar-refractivity contribution in [1.29, 1.82) is 0 Å². The number of ether oxygens (including phenoxy) is 1. The second-order valence-electron chi connectivity index (χ2n) is 5.18. The van der Waals surface area contributed by atoms with E-state index in [-0.39, 0.29) is 22.8 Å². The molecule has 0 saturated carbocycles. The molecule has 110 valence electrons. The van der Waals surface area contributed by atoms with Gasteiger partial charge in [0.15, 0.2) is 9.84 Å². The highest BCUT2D eigenvalue weighted by molar-refractivity contribution is 7.91. The van der Waals surface area contributed by atoms with Gasteiger partial charge >= 0.3 is 5.97 Å². The van der Waals surface area contributed by atoms with Crippen molar-refractivity contribution < 1.29 is 17.9 Å². The van der Waals surface area contributed by atoms with Gasteiger partial charge < -0.3 is 15.8 Å². The van der Waals surface area contributed by atoms with Crippen LogP contribution >= 0.6 is 0 Å². The van der Waals surface area contributed by atoms with Gasteiger partial charge in [-0.25, -0.2) is 18.2 Å². The second-order valence-corrected chi connectivity index (χ2v) is 7.36. The van der Waals surface area contributed by atoms with E-state index in [1.807, 2.05) is 6.92 Å². The van der Waals surface area contributed by atoms with Crippen LogP contribution in [0.25, 0.3) is 0 Å². The summed E-state index contributed by atoms with van der Waals surface area (Å²) in [7, 11) is -1.76. The summed E-state index contributed by atoms with van der Waals surface area (Å²) in [6, 6.07) is 1.47. The third kappa shape index (κ3) is 3.01. The molecule has 1 aliphatic heterocycles. The largest absolute Gasteiger partial charge is 0.465 e. The summed E-state index contributed by atoms with van der Waals surface area (Å²) in [5.74, 6) is 0.0333. The molecule has 1 unspecified atom stereocenters. The Labute approximate surface area is 117 Å². The van der Waals surface area contributed by atoms with Gasteiger partial charge in [-0.2, -0.15) is 0 Å². The van der Waals surface area contributed by atoms with Crippen molar-refractivity contribution >= 4 is 27.3 Å². The zero-order chi connectivity index (χ0) is 15.0. The molecule has 2 heterocycles. The minimum Gasteiger partial charge on any atom is -0.465 e. The molecule has 8 heteroatoms. The van der Waals surface area contributed by atoms with Crippen LogP contribution in [0.4, 0.5) is 11.5 Å². The minimum atomic E-state index is -3.02. The predicted octanol–water partition coefficient (Wildman–Crippen LogP) is 0.439. The number of sulfone groups is 1. The molecule has 1 fully saturated rings. The summed E-state index contributed by atoms with van der Waals surface area (Å²) in [6.07, 6.45) is 1.84. The molecule has 0 radical (unpaired) electrons. The first kappa shape index (κ1) is 14.6. The van der Waals surface area contributed by atoms with Crippen molar-refractivity contribution in [3.05, 3.63) is 17.8 Å². The highest BCUT2D eigenvalue weighted by Gasteiger charge is 2.38. The van der Waals surface area contributed by atoms with Crippen LogP contribution in [0.5, 0.6) is 0 Å². The first-order valence-corrected chi connectivity index (χ1v) is 7.89. The Balaban J connectivity index is 2.25. The molecule has 1 aromatic rings. The van der Waals surface area contributed by atoms with Gasteiger partial charge in [-0.1, -0.05) is 0 Å². The SMILES string of the molecule is COC(=O)c1cc(NC2(C)CCS(=O)(=O)C2)ncc1N. The maximum absolute atomic E-state index is 11.6. The molecule has 0 amide bonds. The number of nitrogens with zero attached hydrogens (tertiary/aromatic N) is 1. The van der Waals surface area contributed by atoms with Gasteiger partial charge in [-0.3, -0.25) is 0 Å². The zero-order valence-corrected chi connectivity index (χ0v) is 12.2. The van der Waals surface area contributed by atoms with E-state index in [1.165, 1.54) is 19.4 Å². The summed E-state index contributed by atoms with van der Waals surface area (Å²) in [4.78, 5) is 15.6. The van der Waals surface area contributed by atoms with E-state index in [1.54, 1.807) is 0 Å². The number of pyridine rings is 1. The Hall–Kier alpha value is -1.83. The van der Waals surface area contributed by atoms with Gasteiger partial charge in [0.2, 0.25) is 0 Å². The maximum Gasteiger partial charge on any atom is 0.340 e. The maximum atomic E-state index is 11.6. The lowest BCUT2D eigenvalue weighted by Crippen LogP contribution is -2.36. The third-order valence-corrected chi connectivity index (χ3v) is 5.18. The van der Waals surface area contributed by atoms with Crippen LogP contribution in [0.1, 0.15) is 23.7 Å². The molecule has 2 rings (SSSR count). The molecule has 1 atom stereocenters. The number of carbonyl (C=O) groups excluding carboxylic acids is 1. The number of nitrogens with one attached hydrogen (secondary N) is 1. The Morgan fingerprint density at radius 1 is 1.55 bits per heavy atom. The summed E-state index contributed by atoms with van der Waals surface area (Å²) < 4.78 is 27.7. The molecular weight excluding hydrogens is 282 g/mol. The van der Waals surface area contributed by atoms with Gasteiger partial charge in [0.25, 0.3) is 0 Å². The topological polar surface area (TPSA) is 111 Å². The first-order chi connectivity index (χ1) is 9.25. The monoisotopic (exact) mass is 299 g/mol. The van der Waals surface area contributed by atoms with Crippen LogP contribution in [-0.4, -0.2) is 43.5 Å². The Morgan fingerprint density at radius 3 is 2.80 bits per heavy atom. The number of nitrogens with two attached hydrogens (primary N) is 1. The molecule has 0 aromatic carbocycles. The molecule has 3 N–H and O–H groups in total. The van der Waals surface area contributed by atoms with Crippen molar-refractivity contribution in [2.75, 3.05) is 29.7 Å². The van der Waals surface area contributed by atoms with E-state index in [9.17, 15) is 13.2 Å². The smallest absolute Gasteiger partial charge is 0.340 e. The van der Waals surface area contributed by atoms with Crippen LogP contribution < -0.4 is 11.1 Å². The number of aromatic nitrogens is 1. The van der Waals surface area contributed by atoms with Gasteiger partial charge in [0, 0.05) is 0 Å². The highest BCUT2D eigenvalue weighted by atomic mass is 32.2. The van der Waals surface area contributed by atoms with Gasteiger partial charge in [0.05, 0.1) is 41.6 Å². The van der Waals surface area contributed by atoms with E-state index < -0.39 is 21.3 Å². The molecule has 7 nitrogen and oxygen atoms in total. The van der Waals surface area contributed by atoms with E-state index in [0.717, 1.165) is 0 Å². The molecule has 0 spiro atoms.